The zero-order valence-corrected chi connectivity index (χ0v) is 9.28. The summed E-state index contributed by atoms with van der Waals surface area (Å²) in [6, 6.07) is 1.13. The SMILES string of the molecule is N#Cc1cc(C(=O)Cl)c(C(F)(F)F)nc1C(F)(F)F. The number of hydrogen-bond acceptors (Lipinski definition) is 3. The minimum Gasteiger partial charge on any atom is -0.276 e. The molecule has 0 aliphatic carbocycles. The van der Waals surface area contributed by atoms with Gasteiger partial charge in [0.1, 0.15) is 6.07 Å². The molecular formula is C9HClF6N2O. The van der Waals surface area contributed by atoms with Crippen molar-refractivity contribution in [3.8, 4) is 6.07 Å². The lowest BCUT2D eigenvalue weighted by Gasteiger charge is -2.14. The smallest absolute Gasteiger partial charge is 0.276 e. The Balaban J connectivity index is 3.74. The molecule has 0 saturated heterocycles. The molecule has 0 N–H and O–H groups in total. The van der Waals surface area contributed by atoms with Gasteiger partial charge in [0.2, 0.25) is 0 Å². The van der Waals surface area contributed by atoms with Crippen molar-refractivity contribution in [3.05, 3.63) is 28.6 Å². The van der Waals surface area contributed by atoms with Crippen molar-refractivity contribution in [3.63, 3.8) is 0 Å². The molecule has 0 atom stereocenters. The van der Waals surface area contributed by atoms with E-state index in [1.807, 2.05) is 0 Å². The largest absolute Gasteiger partial charge is 0.434 e. The Labute approximate surface area is 106 Å². The Kier molecular flexibility index (Phi) is 3.77. The zero-order valence-electron chi connectivity index (χ0n) is 8.53. The predicted molar refractivity (Wildman–Crippen MR) is 49.1 cm³/mol. The number of halogens is 7. The van der Waals surface area contributed by atoms with Gasteiger partial charge < -0.3 is 0 Å². The Hall–Kier alpha value is -1.82. The second-order valence-corrected chi connectivity index (χ2v) is 3.51. The van der Waals surface area contributed by atoms with Crippen molar-refractivity contribution in [2.75, 3.05) is 0 Å². The summed E-state index contributed by atoms with van der Waals surface area (Å²) in [5.41, 5.74) is -6.63. The van der Waals surface area contributed by atoms with Crippen LogP contribution < -0.4 is 0 Å². The van der Waals surface area contributed by atoms with Gasteiger partial charge in [0, 0.05) is 0 Å². The van der Waals surface area contributed by atoms with E-state index in [0.717, 1.165) is 6.07 Å². The molecule has 0 spiro atoms. The van der Waals surface area contributed by atoms with Crippen molar-refractivity contribution in [1.29, 1.82) is 5.26 Å². The predicted octanol–water partition coefficient (Wildman–Crippen LogP) is 3.37. The summed E-state index contributed by atoms with van der Waals surface area (Å²) < 4.78 is 74.8. The Bertz CT molecular complexity index is 572. The molecule has 0 unspecified atom stereocenters. The van der Waals surface area contributed by atoms with E-state index in [9.17, 15) is 31.1 Å². The third-order valence-corrected chi connectivity index (χ3v) is 2.10. The molecule has 0 aliphatic heterocycles. The van der Waals surface area contributed by atoms with Gasteiger partial charge in [-0.3, -0.25) is 4.79 Å². The highest BCUT2D eigenvalue weighted by atomic mass is 35.5. The molecule has 19 heavy (non-hydrogen) atoms. The average Bonchev–Trinajstić information content (AvgIpc) is 2.24. The van der Waals surface area contributed by atoms with Crippen LogP contribution in [0.3, 0.4) is 0 Å². The topological polar surface area (TPSA) is 53.8 Å². The number of carbonyl (C=O) groups is 1. The normalized spacial score (nSPS) is 12.1. The van der Waals surface area contributed by atoms with Gasteiger partial charge in [-0.25, -0.2) is 4.98 Å². The number of aromatic nitrogens is 1. The molecule has 0 saturated carbocycles. The van der Waals surface area contributed by atoms with Gasteiger partial charge in [-0.05, 0) is 17.7 Å². The molecule has 102 valence electrons. The third kappa shape index (κ3) is 3.14. The first-order valence-electron chi connectivity index (χ1n) is 4.28. The summed E-state index contributed by atoms with van der Waals surface area (Å²) in [6.07, 6.45) is -10.6. The highest BCUT2D eigenvalue weighted by Gasteiger charge is 2.43. The van der Waals surface area contributed by atoms with Gasteiger partial charge in [0.25, 0.3) is 5.24 Å². The maximum absolute atomic E-state index is 12.5. The van der Waals surface area contributed by atoms with Crippen LogP contribution in [0.2, 0.25) is 0 Å². The van der Waals surface area contributed by atoms with E-state index in [2.05, 4.69) is 4.98 Å². The number of alkyl halides is 6. The summed E-state index contributed by atoms with van der Waals surface area (Å²) in [5.74, 6) is 0. The number of carbonyl (C=O) groups excluding carboxylic acids is 1. The zero-order chi connectivity index (χ0) is 15.0. The van der Waals surface area contributed by atoms with E-state index < -0.39 is 40.1 Å². The van der Waals surface area contributed by atoms with Crippen LogP contribution in [-0.2, 0) is 12.4 Å². The summed E-state index contributed by atoms with van der Waals surface area (Å²) in [7, 11) is 0. The van der Waals surface area contributed by atoms with E-state index in [4.69, 9.17) is 16.9 Å². The highest BCUT2D eigenvalue weighted by Crippen LogP contribution is 2.36. The first kappa shape index (κ1) is 15.2. The molecular weight excluding hydrogens is 302 g/mol. The van der Waals surface area contributed by atoms with Crippen LogP contribution in [0.15, 0.2) is 6.07 Å². The Morgan fingerprint density at radius 2 is 1.63 bits per heavy atom. The fourth-order valence-electron chi connectivity index (χ4n) is 1.18. The standard InChI is InChI=1S/C9HClF6N2O/c10-7(19)4-1-3(2-17)5(8(11,12)13)18-6(4)9(14,15)16/h1H. The number of pyridine rings is 1. The number of nitriles is 1. The lowest BCUT2D eigenvalue weighted by Crippen LogP contribution is -2.20. The van der Waals surface area contributed by atoms with E-state index in [-0.39, 0.29) is 6.07 Å². The van der Waals surface area contributed by atoms with Crippen molar-refractivity contribution < 1.29 is 31.1 Å². The van der Waals surface area contributed by atoms with E-state index in [1.165, 1.54) is 0 Å². The Morgan fingerprint density at radius 1 is 1.16 bits per heavy atom. The quantitative estimate of drug-likeness (QED) is 0.590. The summed E-state index contributed by atoms with van der Waals surface area (Å²) >= 11 is 4.84. The van der Waals surface area contributed by atoms with Crippen LogP contribution >= 0.6 is 11.6 Å². The van der Waals surface area contributed by atoms with Crippen molar-refractivity contribution in [2.45, 2.75) is 12.4 Å². The lowest BCUT2D eigenvalue weighted by atomic mass is 10.1. The lowest BCUT2D eigenvalue weighted by molar-refractivity contribution is -0.150. The van der Waals surface area contributed by atoms with Crippen LogP contribution in [0.4, 0.5) is 26.3 Å². The van der Waals surface area contributed by atoms with Crippen LogP contribution in [0.1, 0.15) is 27.3 Å². The second kappa shape index (κ2) is 4.70. The molecule has 10 heteroatoms. The number of hydrogen-bond donors (Lipinski definition) is 0. The third-order valence-electron chi connectivity index (χ3n) is 1.89. The maximum Gasteiger partial charge on any atom is 0.434 e. The molecule has 1 aromatic rings. The van der Waals surface area contributed by atoms with Crippen molar-refractivity contribution in [1.82, 2.24) is 4.98 Å². The van der Waals surface area contributed by atoms with Gasteiger partial charge in [-0.2, -0.15) is 31.6 Å². The molecule has 1 rings (SSSR count). The minimum atomic E-state index is -5.31. The number of rotatable bonds is 1. The monoisotopic (exact) mass is 302 g/mol. The molecule has 0 amide bonds. The molecule has 3 nitrogen and oxygen atoms in total. The molecule has 1 heterocycles. The van der Waals surface area contributed by atoms with E-state index >= 15 is 0 Å². The van der Waals surface area contributed by atoms with Crippen LogP contribution in [0.25, 0.3) is 0 Å². The molecule has 0 aliphatic rings. The summed E-state index contributed by atoms with van der Waals surface area (Å²) in [6.45, 7) is 0. The highest BCUT2D eigenvalue weighted by molar-refractivity contribution is 6.67. The van der Waals surface area contributed by atoms with Crippen LogP contribution in [0, 0.1) is 11.3 Å². The van der Waals surface area contributed by atoms with Crippen LogP contribution in [-0.4, -0.2) is 10.2 Å². The Morgan fingerprint density at radius 3 is 1.95 bits per heavy atom. The van der Waals surface area contributed by atoms with E-state index in [1.54, 1.807) is 0 Å². The van der Waals surface area contributed by atoms with E-state index in [0.29, 0.717) is 0 Å². The molecule has 0 aromatic carbocycles. The summed E-state index contributed by atoms with van der Waals surface area (Å²) in [4.78, 5) is 13.1. The van der Waals surface area contributed by atoms with Gasteiger partial charge in [0.05, 0.1) is 11.1 Å². The van der Waals surface area contributed by atoms with Gasteiger partial charge in [0.15, 0.2) is 11.4 Å². The molecule has 0 fully saturated rings. The van der Waals surface area contributed by atoms with Gasteiger partial charge >= 0.3 is 12.4 Å². The average molecular weight is 303 g/mol. The molecule has 0 radical (unpaired) electrons. The minimum absolute atomic E-state index is 0.119. The molecule has 1 aromatic heterocycles. The van der Waals surface area contributed by atoms with Crippen molar-refractivity contribution >= 4 is 16.8 Å². The van der Waals surface area contributed by atoms with Crippen molar-refractivity contribution in [2.24, 2.45) is 0 Å². The van der Waals surface area contributed by atoms with Crippen LogP contribution in [0.5, 0.6) is 0 Å². The first-order valence-corrected chi connectivity index (χ1v) is 4.65. The fraction of sp³-hybridized carbons (Fsp3) is 0.222. The number of nitrogens with zero attached hydrogens (tertiary/aromatic N) is 2. The van der Waals surface area contributed by atoms with Gasteiger partial charge in [-0.15, -0.1) is 0 Å². The second-order valence-electron chi connectivity index (χ2n) is 3.16. The first-order chi connectivity index (χ1) is 8.48. The fourth-order valence-corrected chi connectivity index (χ4v) is 1.32. The molecule has 0 bridgehead atoms. The maximum atomic E-state index is 12.5. The van der Waals surface area contributed by atoms with Gasteiger partial charge in [-0.1, -0.05) is 0 Å². The summed E-state index contributed by atoms with van der Waals surface area (Å²) in [5, 5.41) is 6.79.